The Morgan fingerprint density at radius 3 is 2.22 bits per heavy atom. The van der Waals surface area contributed by atoms with Crippen molar-refractivity contribution in [3.8, 4) is 0 Å². The second-order valence-corrected chi connectivity index (χ2v) is 5.81. The molecule has 0 bridgehead atoms. The molecule has 3 heteroatoms. The number of hydrogen-bond acceptors (Lipinski definition) is 1. The van der Waals surface area contributed by atoms with E-state index < -0.39 is 0 Å². The van der Waals surface area contributed by atoms with E-state index in [-0.39, 0.29) is 12.0 Å². The van der Waals surface area contributed by atoms with E-state index in [2.05, 4.69) is 13.8 Å². The van der Waals surface area contributed by atoms with E-state index in [4.69, 9.17) is 23.2 Å². The van der Waals surface area contributed by atoms with Gasteiger partial charge < -0.3 is 5.11 Å². The minimum Gasteiger partial charge on any atom is -0.396 e. The lowest BCUT2D eigenvalue weighted by atomic mass is 9.76. The molecule has 102 valence electrons. The second kappa shape index (κ2) is 7.37. The number of aliphatic hydroxyl groups is 1. The molecule has 0 amide bonds. The predicted molar refractivity (Wildman–Crippen MR) is 79.5 cm³/mol. The van der Waals surface area contributed by atoms with Gasteiger partial charge in [-0.15, -0.1) is 0 Å². The molecule has 1 rings (SSSR count). The van der Waals surface area contributed by atoms with Crippen molar-refractivity contribution in [1.29, 1.82) is 0 Å². The fourth-order valence-corrected chi connectivity index (χ4v) is 2.80. The van der Waals surface area contributed by atoms with Crippen LogP contribution in [0.25, 0.3) is 0 Å². The molecule has 0 aliphatic heterocycles. The number of aliphatic hydroxyl groups excluding tert-OH is 1. The summed E-state index contributed by atoms with van der Waals surface area (Å²) in [5.41, 5.74) is 0.873. The molecule has 0 fully saturated rings. The summed E-state index contributed by atoms with van der Waals surface area (Å²) < 4.78 is 0. The maximum absolute atomic E-state index is 9.76. The van der Waals surface area contributed by atoms with E-state index in [0.29, 0.717) is 10.0 Å². The Hall–Kier alpha value is -0.240. The van der Waals surface area contributed by atoms with Gasteiger partial charge in [0.15, 0.2) is 0 Å². The molecule has 1 nitrogen and oxygen atoms in total. The average molecular weight is 289 g/mol. The zero-order valence-electron chi connectivity index (χ0n) is 11.2. The van der Waals surface area contributed by atoms with E-state index in [0.717, 1.165) is 37.7 Å². The highest BCUT2D eigenvalue weighted by atomic mass is 35.5. The topological polar surface area (TPSA) is 20.2 Å². The third-order valence-corrected chi connectivity index (χ3v) is 4.47. The summed E-state index contributed by atoms with van der Waals surface area (Å²) >= 11 is 12.4. The minimum absolute atomic E-state index is 0.0926. The van der Waals surface area contributed by atoms with E-state index in [9.17, 15) is 5.11 Å². The quantitative estimate of drug-likeness (QED) is 0.739. The van der Waals surface area contributed by atoms with Gasteiger partial charge in [0, 0.05) is 16.7 Å². The van der Waals surface area contributed by atoms with Crippen molar-refractivity contribution in [2.24, 2.45) is 5.41 Å². The number of unbranched alkanes of at least 4 members (excludes halogenated alkanes) is 1. The monoisotopic (exact) mass is 288 g/mol. The van der Waals surface area contributed by atoms with Crippen molar-refractivity contribution >= 4 is 23.2 Å². The van der Waals surface area contributed by atoms with Crippen LogP contribution in [0.4, 0.5) is 0 Å². The van der Waals surface area contributed by atoms with Crippen molar-refractivity contribution in [2.45, 2.75) is 46.0 Å². The van der Waals surface area contributed by atoms with E-state index in [1.165, 1.54) is 0 Å². The number of halogens is 2. The maximum atomic E-state index is 9.76. The van der Waals surface area contributed by atoms with Gasteiger partial charge in [0.25, 0.3) is 0 Å². The normalized spacial score (nSPS) is 14.5. The van der Waals surface area contributed by atoms with Crippen LogP contribution in [-0.2, 0) is 6.42 Å². The fraction of sp³-hybridized carbons (Fsp3) is 0.600. The molecule has 0 aromatic heterocycles. The summed E-state index contributed by atoms with van der Waals surface area (Å²) in [7, 11) is 0. The smallest absolute Gasteiger partial charge is 0.0490 e. The molecule has 1 N–H and O–H groups in total. The Balaban J connectivity index is 2.95. The van der Waals surface area contributed by atoms with Gasteiger partial charge in [-0.3, -0.25) is 0 Å². The van der Waals surface area contributed by atoms with E-state index in [1.54, 1.807) is 0 Å². The van der Waals surface area contributed by atoms with Crippen LogP contribution in [0.1, 0.15) is 45.1 Å². The van der Waals surface area contributed by atoms with Crippen LogP contribution in [0.2, 0.25) is 10.0 Å². The molecular weight excluding hydrogens is 267 g/mol. The third kappa shape index (κ3) is 3.88. The second-order valence-electron chi connectivity index (χ2n) is 4.99. The molecule has 0 heterocycles. The van der Waals surface area contributed by atoms with Crippen molar-refractivity contribution in [1.82, 2.24) is 0 Å². The van der Waals surface area contributed by atoms with Crippen molar-refractivity contribution in [3.63, 3.8) is 0 Å². The number of benzene rings is 1. The lowest BCUT2D eigenvalue weighted by molar-refractivity contribution is 0.107. The first-order valence-corrected chi connectivity index (χ1v) is 7.38. The first kappa shape index (κ1) is 15.8. The average Bonchev–Trinajstić information content (AvgIpc) is 2.38. The highest BCUT2D eigenvalue weighted by Crippen LogP contribution is 2.37. The fourth-order valence-electron chi connectivity index (χ4n) is 2.26. The molecule has 1 aromatic carbocycles. The number of rotatable bonds is 7. The van der Waals surface area contributed by atoms with Crippen molar-refractivity contribution in [2.75, 3.05) is 6.61 Å². The van der Waals surface area contributed by atoms with Crippen LogP contribution in [0.5, 0.6) is 0 Å². The highest BCUT2D eigenvalue weighted by Gasteiger charge is 2.28. The van der Waals surface area contributed by atoms with Crippen LogP contribution >= 0.6 is 23.2 Å². The van der Waals surface area contributed by atoms with Crippen molar-refractivity contribution < 1.29 is 5.11 Å². The van der Waals surface area contributed by atoms with Crippen LogP contribution in [0.3, 0.4) is 0 Å². The summed E-state index contributed by atoms with van der Waals surface area (Å²) in [5, 5.41) is 11.2. The summed E-state index contributed by atoms with van der Waals surface area (Å²) in [6.07, 6.45) is 4.95. The van der Waals surface area contributed by atoms with Gasteiger partial charge in [-0.1, -0.05) is 56.0 Å². The van der Waals surface area contributed by atoms with Crippen LogP contribution < -0.4 is 0 Å². The Kier molecular flexibility index (Phi) is 6.48. The van der Waals surface area contributed by atoms with Gasteiger partial charge in [-0.25, -0.2) is 0 Å². The molecule has 0 saturated carbocycles. The molecular formula is C15H22Cl2O. The zero-order chi connectivity index (χ0) is 13.6. The van der Waals surface area contributed by atoms with Gasteiger partial charge in [0.2, 0.25) is 0 Å². The van der Waals surface area contributed by atoms with Gasteiger partial charge in [0.1, 0.15) is 0 Å². The lowest BCUT2D eigenvalue weighted by Crippen LogP contribution is -2.27. The first-order valence-electron chi connectivity index (χ1n) is 6.62. The molecule has 1 atom stereocenters. The molecule has 0 saturated heterocycles. The van der Waals surface area contributed by atoms with E-state index in [1.807, 2.05) is 18.2 Å². The summed E-state index contributed by atoms with van der Waals surface area (Å²) in [6.45, 7) is 4.47. The van der Waals surface area contributed by atoms with Crippen LogP contribution in [0, 0.1) is 5.41 Å². The Morgan fingerprint density at radius 1 is 1.17 bits per heavy atom. The summed E-state index contributed by atoms with van der Waals surface area (Å²) in [4.78, 5) is 0. The summed E-state index contributed by atoms with van der Waals surface area (Å²) in [5.74, 6) is 0. The highest BCUT2D eigenvalue weighted by molar-refractivity contribution is 6.36. The number of hydrogen-bond donors (Lipinski definition) is 1. The Morgan fingerprint density at radius 2 is 1.78 bits per heavy atom. The molecule has 0 radical (unpaired) electrons. The van der Waals surface area contributed by atoms with Gasteiger partial charge in [-0.05, 0) is 42.4 Å². The van der Waals surface area contributed by atoms with Crippen LogP contribution in [-0.4, -0.2) is 11.7 Å². The third-order valence-electron chi connectivity index (χ3n) is 3.76. The SMILES string of the molecule is CCCCC(CC)(CO)Cc1c(Cl)cccc1Cl. The lowest BCUT2D eigenvalue weighted by Gasteiger charge is -2.31. The van der Waals surface area contributed by atoms with Crippen molar-refractivity contribution in [3.05, 3.63) is 33.8 Å². The standard InChI is InChI=1S/C15H22Cl2O/c1-3-5-9-15(4-2,11-18)10-12-13(16)7-6-8-14(12)17/h6-8,18H,3-5,9-11H2,1-2H3. The van der Waals surface area contributed by atoms with Gasteiger partial charge >= 0.3 is 0 Å². The zero-order valence-corrected chi connectivity index (χ0v) is 12.7. The summed E-state index contributed by atoms with van der Waals surface area (Å²) in [6, 6.07) is 5.58. The van der Waals surface area contributed by atoms with Gasteiger partial charge in [-0.2, -0.15) is 0 Å². The largest absolute Gasteiger partial charge is 0.396 e. The first-order chi connectivity index (χ1) is 8.58. The molecule has 18 heavy (non-hydrogen) atoms. The molecule has 1 unspecified atom stereocenters. The minimum atomic E-state index is -0.0926. The van der Waals surface area contributed by atoms with Crippen LogP contribution in [0.15, 0.2) is 18.2 Å². The molecule has 1 aromatic rings. The predicted octanol–water partition coefficient (Wildman–Crippen LogP) is 5.11. The van der Waals surface area contributed by atoms with E-state index >= 15 is 0 Å². The molecule has 0 spiro atoms. The molecule has 0 aliphatic carbocycles. The maximum Gasteiger partial charge on any atom is 0.0490 e. The Bertz CT molecular complexity index is 353. The Labute approximate surface area is 120 Å². The van der Waals surface area contributed by atoms with Gasteiger partial charge in [0.05, 0.1) is 0 Å². The molecule has 0 aliphatic rings.